The van der Waals surface area contributed by atoms with Gasteiger partial charge in [-0.05, 0) is 68.1 Å². The Morgan fingerprint density at radius 3 is 1.17 bits per heavy atom. The minimum absolute atomic E-state index is 0.0934. The van der Waals surface area contributed by atoms with Crippen LogP contribution in [0.15, 0.2) is 0 Å². The molecule has 210 valence electrons. The summed E-state index contributed by atoms with van der Waals surface area (Å²) in [6.07, 6.45) is -37.9. The van der Waals surface area contributed by atoms with E-state index in [0.29, 0.717) is 0 Å². The second kappa shape index (κ2) is 12.1. The van der Waals surface area contributed by atoms with E-state index in [1.807, 2.05) is 0 Å². The van der Waals surface area contributed by atoms with E-state index in [1.54, 1.807) is 55.4 Å². The van der Waals surface area contributed by atoms with Crippen LogP contribution in [-0.2, 0) is 19.1 Å². The van der Waals surface area contributed by atoms with Gasteiger partial charge in [-0.15, -0.1) is 0 Å². The van der Waals surface area contributed by atoms with Gasteiger partial charge in [0.15, 0.2) is 0 Å². The number of rotatable bonds is 11. The minimum atomic E-state index is -4.61. The van der Waals surface area contributed by atoms with Crippen molar-refractivity contribution in [1.82, 2.24) is 10.1 Å². The van der Waals surface area contributed by atoms with E-state index < -0.39 is 97.3 Å². The summed E-state index contributed by atoms with van der Waals surface area (Å²) in [5.41, 5.74) is -4.14. The fourth-order valence-electron chi connectivity index (χ4n) is 5.18. The first-order valence-corrected chi connectivity index (χ1v) is 11.9. The predicted octanol–water partition coefficient (Wildman–Crippen LogP) is 6.02. The number of hydroxylamine groups is 4. The van der Waals surface area contributed by atoms with E-state index in [9.17, 15) is 20.0 Å². The molecule has 2 rings (SSSR count). The molecule has 0 unspecified atom stereocenters. The molecule has 2 fully saturated rings. The van der Waals surface area contributed by atoms with Crippen molar-refractivity contribution in [3.8, 4) is 0 Å². The molecule has 2 N–H and O–H groups in total. The SMILES string of the molecule is [2H]C([2H])(C(=O)OC1CC(C)(C)N(O)C(C)(C)C1)C([2H])([2H])C([2H])([2H])C([2H])([2H])C([2H])([2H])C([2H])([2H])C([2H])([2H])C([2H])([2H])C(=O)OC1CC(C)(C)N(O)C(C)(C)C1. The Labute approximate surface area is 241 Å². The lowest BCUT2D eigenvalue weighted by Crippen LogP contribution is -2.60. The quantitative estimate of drug-likeness (QED) is 0.314. The Bertz CT molecular complexity index is 1250. The summed E-state index contributed by atoms with van der Waals surface area (Å²) in [7, 11) is 0. The molecule has 0 atom stereocenters. The summed E-state index contributed by atoms with van der Waals surface area (Å²) >= 11 is 0. The molecule has 0 aromatic rings. The van der Waals surface area contributed by atoms with Gasteiger partial charge in [0.05, 0.1) is 0 Å². The van der Waals surface area contributed by atoms with Gasteiger partial charge >= 0.3 is 11.9 Å². The highest BCUT2D eigenvalue weighted by Gasteiger charge is 2.47. The maximum absolute atomic E-state index is 13.2. The van der Waals surface area contributed by atoms with Crippen LogP contribution < -0.4 is 0 Å². The highest BCUT2D eigenvalue weighted by atomic mass is 16.6. The lowest BCUT2D eigenvalue weighted by atomic mass is 9.80. The normalized spacial score (nSPS) is 34.2. The predicted molar refractivity (Wildman–Crippen MR) is 139 cm³/mol. The zero-order chi connectivity index (χ0) is 41.7. The van der Waals surface area contributed by atoms with Crippen LogP contribution in [0.4, 0.5) is 0 Å². The average Bonchev–Trinajstić information content (AvgIpc) is 2.93. The van der Waals surface area contributed by atoms with Gasteiger partial charge in [0.25, 0.3) is 0 Å². The maximum Gasteiger partial charge on any atom is 0.306 e. The molecule has 2 aliphatic rings. The zero-order valence-corrected chi connectivity index (χ0v) is 22.4. The number of ether oxygens (including phenoxy) is 2. The van der Waals surface area contributed by atoms with Crippen molar-refractivity contribution < 1.29 is 51.4 Å². The van der Waals surface area contributed by atoms with Gasteiger partial charge in [0.2, 0.25) is 0 Å². The van der Waals surface area contributed by atoms with Crippen molar-refractivity contribution in [3.63, 3.8) is 0 Å². The molecular formula is C28H52N2O6. The molecule has 0 aromatic heterocycles. The molecule has 0 spiro atoms. The third-order valence-corrected chi connectivity index (χ3v) is 6.39. The molecule has 2 aliphatic heterocycles. The fourth-order valence-corrected chi connectivity index (χ4v) is 5.18. The van der Waals surface area contributed by atoms with E-state index in [2.05, 4.69) is 0 Å². The Kier molecular flexibility index (Phi) is 4.97. The van der Waals surface area contributed by atoms with Crippen molar-refractivity contribution in [1.29, 1.82) is 0 Å². The topological polar surface area (TPSA) is 99.5 Å². The number of esters is 2. The van der Waals surface area contributed by atoms with Gasteiger partial charge in [-0.2, -0.15) is 10.1 Å². The highest BCUT2D eigenvalue weighted by molar-refractivity contribution is 5.69. The van der Waals surface area contributed by atoms with Gasteiger partial charge in [0, 0.05) is 82.5 Å². The molecule has 2 saturated heterocycles. The lowest BCUT2D eigenvalue weighted by molar-refractivity contribution is -0.259. The summed E-state index contributed by atoms with van der Waals surface area (Å²) in [5, 5.41) is 23.0. The van der Waals surface area contributed by atoms with Crippen LogP contribution in [0.25, 0.3) is 0 Å². The molecule has 0 bridgehead atoms. The van der Waals surface area contributed by atoms with Crippen LogP contribution in [0.3, 0.4) is 0 Å². The van der Waals surface area contributed by atoms with Gasteiger partial charge in [-0.3, -0.25) is 9.59 Å². The van der Waals surface area contributed by atoms with Crippen LogP contribution in [0.1, 0.15) is 154 Å². The summed E-state index contributed by atoms with van der Waals surface area (Å²) in [6, 6.07) is 0. The molecule has 8 heteroatoms. The molecular weight excluding hydrogens is 460 g/mol. The minimum Gasteiger partial charge on any atom is -0.462 e. The summed E-state index contributed by atoms with van der Waals surface area (Å²) < 4.78 is 144. The van der Waals surface area contributed by atoms with Crippen LogP contribution >= 0.6 is 0 Å². The van der Waals surface area contributed by atoms with Gasteiger partial charge in [-0.1, -0.05) is 25.5 Å². The first-order valence-electron chi connectivity index (χ1n) is 19.9. The molecule has 36 heavy (non-hydrogen) atoms. The Hall–Kier alpha value is -1.22. The van der Waals surface area contributed by atoms with E-state index in [-0.39, 0.29) is 25.7 Å². The van der Waals surface area contributed by atoms with Crippen molar-refractivity contribution >= 4 is 11.9 Å². The monoisotopic (exact) mass is 528 g/mol. The molecule has 0 aromatic carbocycles. The highest BCUT2D eigenvalue weighted by Crippen LogP contribution is 2.39. The molecule has 8 nitrogen and oxygen atoms in total. The number of nitrogens with zero attached hydrogens (tertiary/aromatic N) is 2. The van der Waals surface area contributed by atoms with Gasteiger partial charge in [0.1, 0.15) is 12.2 Å². The zero-order valence-electron chi connectivity index (χ0n) is 38.4. The summed E-state index contributed by atoms with van der Waals surface area (Å²) in [4.78, 5) is 26.4. The number of carbonyl (C=O) groups excluding carboxylic acids is 2. The summed E-state index contributed by atoms with van der Waals surface area (Å²) in [6.45, 7) is 12.6. The van der Waals surface area contributed by atoms with Crippen LogP contribution in [0, 0.1) is 0 Å². The summed E-state index contributed by atoms with van der Waals surface area (Å²) in [5.74, 6) is -4.03. The van der Waals surface area contributed by atoms with E-state index in [0.717, 1.165) is 10.1 Å². The number of piperidine rings is 2. The first-order chi connectivity index (χ1) is 22.5. The van der Waals surface area contributed by atoms with Crippen LogP contribution in [-0.4, -0.2) is 66.8 Å². The van der Waals surface area contributed by atoms with E-state index in [1.165, 1.54) is 0 Å². The number of hydrogen-bond acceptors (Lipinski definition) is 8. The third-order valence-electron chi connectivity index (χ3n) is 6.39. The average molecular weight is 529 g/mol. The Morgan fingerprint density at radius 1 is 0.639 bits per heavy atom. The second-order valence-corrected chi connectivity index (χ2v) is 11.7. The van der Waals surface area contributed by atoms with Crippen molar-refractivity contribution in [3.05, 3.63) is 0 Å². The molecule has 0 aliphatic carbocycles. The van der Waals surface area contributed by atoms with E-state index >= 15 is 0 Å². The van der Waals surface area contributed by atoms with Crippen molar-refractivity contribution in [2.45, 2.75) is 166 Å². The number of carbonyl (C=O) groups is 2. The van der Waals surface area contributed by atoms with Crippen molar-refractivity contribution in [2.75, 3.05) is 0 Å². The molecule has 2 heterocycles. The second-order valence-electron chi connectivity index (χ2n) is 11.7. The van der Waals surface area contributed by atoms with Crippen LogP contribution in [0.5, 0.6) is 0 Å². The fraction of sp³-hybridized carbons (Fsp3) is 0.929. The Morgan fingerprint density at radius 2 is 0.889 bits per heavy atom. The third kappa shape index (κ3) is 8.67. The Balaban J connectivity index is 2.48. The smallest absolute Gasteiger partial charge is 0.306 e. The van der Waals surface area contributed by atoms with Gasteiger partial charge in [-0.25, -0.2) is 0 Å². The standard InChI is InChI=1S/C28H52N2O6/c1-25(2)17-21(18-26(3,4)29(25)33)35-23(31)15-13-11-9-10-12-14-16-24(32)36-22-19-27(5,6)30(34)28(7,8)20-22/h21-22,33-34H,9-20H2,1-8H3/i9D2,10D2,11D2,12D2,13D2,14D2,15D2,16D2. The number of hydrogen-bond donors (Lipinski definition) is 2. The van der Waals surface area contributed by atoms with Gasteiger partial charge < -0.3 is 19.9 Å². The lowest BCUT2D eigenvalue weighted by Gasteiger charge is -2.50. The molecule has 0 amide bonds. The largest absolute Gasteiger partial charge is 0.462 e. The molecule has 0 radical (unpaired) electrons. The van der Waals surface area contributed by atoms with Crippen LogP contribution in [0.2, 0.25) is 0 Å². The maximum atomic E-state index is 13.2. The van der Waals surface area contributed by atoms with E-state index in [4.69, 9.17) is 31.4 Å². The van der Waals surface area contributed by atoms with Crippen molar-refractivity contribution in [2.24, 2.45) is 0 Å². The first kappa shape index (κ1) is 14.8. The molecule has 0 saturated carbocycles.